The highest BCUT2D eigenvalue weighted by Crippen LogP contribution is 2.42. The number of halogens is 4. The summed E-state index contributed by atoms with van der Waals surface area (Å²) < 4.78 is 55.4. The minimum Gasteiger partial charge on any atom is -0.396 e. The Kier molecular flexibility index (Phi) is 12.9. The molecule has 0 aromatic heterocycles. The molecule has 308 valence electrons. The van der Waals surface area contributed by atoms with Crippen LogP contribution in [0.25, 0.3) is 22.3 Å². The Balaban J connectivity index is 0.000000181. The smallest absolute Gasteiger partial charge is 0.227 e. The largest absolute Gasteiger partial charge is 0.396 e. The number of amides is 2. The molecular formula is C50H46F4N2O4. The van der Waals surface area contributed by atoms with E-state index in [2.05, 4.69) is 0 Å². The van der Waals surface area contributed by atoms with E-state index in [0.29, 0.717) is 72.4 Å². The number of nitrogens with zero attached hydrogens (tertiary/aromatic N) is 2. The minimum absolute atomic E-state index is 0.00738. The fourth-order valence-corrected chi connectivity index (χ4v) is 8.68. The lowest BCUT2D eigenvalue weighted by molar-refractivity contribution is -0.122. The van der Waals surface area contributed by atoms with E-state index in [1.54, 1.807) is 34.1 Å². The molecule has 0 saturated carbocycles. The maximum atomic E-state index is 14.4. The van der Waals surface area contributed by atoms with Gasteiger partial charge in [0.1, 0.15) is 23.3 Å². The van der Waals surface area contributed by atoms with Gasteiger partial charge >= 0.3 is 0 Å². The van der Waals surface area contributed by atoms with Crippen LogP contribution in [0.15, 0.2) is 146 Å². The summed E-state index contributed by atoms with van der Waals surface area (Å²) in [6.45, 7) is 0.964. The Morgan fingerprint density at radius 1 is 0.483 bits per heavy atom. The lowest BCUT2D eigenvalue weighted by atomic mass is 9.70. The lowest BCUT2D eigenvalue weighted by Gasteiger charge is -2.41. The van der Waals surface area contributed by atoms with Crippen LogP contribution < -0.4 is 9.80 Å². The second-order valence-corrected chi connectivity index (χ2v) is 15.5. The van der Waals surface area contributed by atoms with Gasteiger partial charge in [0.25, 0.3) is 0 Å². The van der Waals surface area contributed by atoms with E-state index < -0.39 is 22.5 Å². The number of hydrogen-bond acceptors (Lipinski definition) is 4. The quantitative estimate of drug-likeness (QED) is 0.135. The molecule has 2 heterocycles. The van der Waals surface area contributed by atoms with Gasteiger partial charge in [0, 0.05) is 72.5 Å². The molecule has 0 aliphatic carbocycles. The summed E-state index contributed by atoms with van der Waals surface area (Å²) in [6.07, 6.45) is 2.99. The molecular weight excluding hydrogens is 769 g/mol. The summed E-state index contributed by atoms with van der Waals surface area (Å²) in [5.74, 6) is -1.74. The number of piperidine rings is 2. The molecule has 2 aliphatic rings. The van der Waals surface area contributed by atoms with E-state index in [9.17, 15) is 37.4 Å². The molecule has 6 aromatic carbocycles. The lowest BCUT2D eigenvalue weighted by Crippen LogP contribution is -2.47. The van der Waals surface area contributed by atoms with Crippen LogP contribution in [0.4, 0.5) is 28.9 Å². The molecule has 6 nitrogen and oxygen atoms in total. The number of benzene rings is 6. The fourth-order valence-electron chi connectivity index (χ4n) is 8.68. The fraction of sp³-hybridized carbons (Fsp3) is 0.240. The number of aliphatic hydroxyl groups excluding tert-OH is 2. The van der Waals surface area contributed by atoms with E-state index in [0.717, 1.165) is 11.1 Å². The van der Waals surface area contributed by atoms with Crippen molar-refractivity contribution >= 4 is 23.2 Å². The molecule has 10 heteroatoms. The Morgan fingerprint density at radius 3 is 1.18 bits per heavy atom. The van der Waals surface area contributed by atoms with Gasteiger partial charge in [-0.3, -0.25) is 9.59 Å². The molecule has 1 unspecified atom stereocenters. The standard InChI is InChI=1S/2C25H23F2NO2/c2*26-20-8-6-18(7-9-20)22-16-21(10-11-23(22)27)28-14-12-25(13-15-29,17-24(28)30)19-4-2-1-3-5-19/h2*1-11,16,29H,12-15,17H2/t25-;/m1./s1. The third kappa shape index (κ3) is 9.05. The van der Waals surface area contributed by atoms with Gasteiger partial charge in [0.2, 0.25) is 11.8 Å². The number of carbonyl (C=O) groups excluding carboxylic acids is 2. The summed E-state index contributed by atoms with van der Waals surface area (Å²) in [5, 5.41) is 19.3. The zero-order chi connectivity index (χ0) is 42.3. The van der Waals surface area contributed by atoms with Gasteiger partial charge in [0.05, 0.1) is 0 Å². The highest BCUT2D eigenvalue weighted by molar-refractivity contribution is 5.97. The maximum absolute atomic E-state index is 14.4. The highest BCUT2D eigenvalue weighted by Gasteiger charge is 2.41. The van der Waals surface area contributed by atoms with Crippen LogP contribution in [-0.4, -0.2) is 48.3 Å². The molecule has 0 spiro atoms. The van der Waals surface area contributed by atoms with Crippen molar-refractivity contribution < 1.29 is 37.4 Å². The van der Waals surface area contributed by atoms with Gasteiger partial charge in [0.15, 0.2) is 0 Å². The van der Waals surface area contributed by atoms with Gasteiger partial charge in [-0.2, -0.15) is 0 Å². The Labute approximate surface area is 347 Å². The number of aliphatic hydroxyl groups is 2. The maximum Gasteiger partial charge on any atom is 0.227 e. The second-order valence-electron chi connectivity index (χ2n) is 15.5. The topological polar surface area (TPSA) is 81.1 Å². The van der Waals surface area contributed by atoms with Crippen LogP contribution in [0.1, 0.15) is 49.7 Å². The van der Waals surface area contributed by atoms with E-state index in [1.165, 1.54) is 60.7 Å². The number of hydrogen-bond donors (Lipinski definition) is 2. The molecule has 0 radical (unpaired) electrons. The first-order valence-electron chi connectivity index (χ1n) is 20.1. The highest BCUT2D eigenvalue weighted by atomic mass is 19.1. The molecule has 2 amide bonds. The van der Waals surface area contributed by atoms with Crippen molar-refractivity contribution in [1.82, 2.24) is 0 Å². The normalized spacial score (nSPS) is 19.2. The first kappa shape index (κ1) is 42.0. The van der Waals surface area contributed by atoms with Crippen LogP contribution in [0.5, 0.6) is 0 Å². The van der Waals surface area contributed by atoms with Crippen LogP contribution in [0.3, 0.4) is 0 Å². The van der Waals surface area contributed by atoms with E-state index in [-0.39, 0.29) is 49.5 Å². The summed E-state index contributed by atoms with van der Waals surface area (Å²) in [6, 6.07) is 40.1. The Hall–Kier alpha value is -6.10. The number of anilines is 2. The summed E-state index contributed by atoms with van der Waals surface area (Å²) in [4.78, 5) is 29.6. The van der Waals surface area contributed by atoms with E-state index >= 15 is 0 Å². The molecule has 0 bridgehead atoms. The molecule has 8 rings (SSSR count). The summed E-state index contributed by atoms with van der Waals surface area (Å²) in [7, 11) is 0. The molecule has 2 saturated heterocycles. The summed E-state index contributed by atoms with van der Waals surface area (Å²) in [5.41, 5.74) is 4.31. The molecule has 2 fully saturated rings. The monoisotopic (exact) mass is 814 g/mol. The number of carbonyl (C=O) groups is 2. The molecule has 60 heavy (non-hydrogen) atoms. The van der Waals surface area contributed by atoms with E-state index in [1.807, 2.05) is 60.7 Å². The van der Waals surface area contributed by atoms with Gasteiger partial charge in [-0.1, -0.05) is 84.9 Å². The van der Waals surface area contributed by atoms with Crippen LogP contribution in [0.2, 0.25) is 0 Å². The minimum atomic E-state index is -0.422. The van der Waals surface area contributed by atoms with Crippen LogP contribution >= 0.6 is 0 Å². The van der Waals surface area contributed by atoms with Crippen molar-refractivity contribution in [1.29, 1.82) is 0 Å². The first-order chi connectivity index (χ1) is 29.0. The average molecular weight is 815 g/mol. The molecule has 2 atom stereocenters. The van der Waals surface area contributed by atoms with Crippen molar-refractivity contribution in [2.75, 3.05) is 36.1 Å². The molecule has 2 aliphatic heterocycles. The Bertz CT molecular complexity index is 2240. The zero-order valence-electron chi connectivity index (χ0n) is 33.0. The van der Waals surface area contributed by atoms with Gasteiger partial charge < -0.3 is 20.0 Å². The van der Waals surface area contributed by atoms with Gasteiger partial charge in [-0.15, -0.1) is 0 Å². The van der Waals surface area contributed by atoms with Crippen LogP contribution in [0, 0.1) is 23.3 Å². The predicted octanol–water partition coefficient (Wildman–Crippen LogP) is 10.2. The van der Waals surface area contributed by atoms with Crippen molar-refractivity contribution in [3.05, 3.63) is 180 Å². The SMILES string of the molecule is O=C1CC(CCO)(c2ccccc2)CCN1c1ccc(F)c(-c2ccc(F)cc2)c1.O=C1C[C@@](CCO)(c2ccccc2)CCN1c1ccc(F)c(-c2ccc(F)cc2)c1. The Morgan fingerprint density at radius 2 is 0.850 bits per heavy atom. The van der Waals surface area contributed by atoms with Crippen molar-refractivity contribution in [3.63, 3.8) is 0 Å². The van der Waals surface area contributed by atoms with Crippen molar-refractivity contribution in [2.24, 2.45) is 0 Å². The molecule has 2 N–H and O–H groups in total. The number of rotatable bonds is 10. The first-order valence-corrected chi connectivity index (χ1v) is 20.1. The summed E-state index contributed by atoms with van der Waals surface area (Å²) >= 11 is 0. The molecule has 6 aromatic rings. The van der Waals surface area contributed by atoms with Crippen molar-refractivity contribution in [3.8, 4) is 22.3 Å². The van der Waals surface area contributed by atoms with Gasteiger partial charge in [-0.05, 0) is 109 Å². The second kappa shape index (κ2) is 18.4. The third-order valence-electron chi connectivity index (χ3n) is 12.0. The predicted molar refractivity (Wildman–Crippen MR) is 226 cm³/mol. The van der Waals surface area contributed by atoms with E-state index in [4.69, 9.17) is 0 Å². The van der Waals surface area contributed by atoms with Crippen LogP contribution in [-0.2, 0) is 20.4 Å². The third-order valence-corrected chi connectivity index (χ3v) is 12.0. The van der Waals surface area contributed by atoms with Crippen molar-refractivity contribution in [2.45, 2.75) is 49.4 Å². The average Bonchev–Trinajstić information content (AvgIpc) is 3.26. The zero-order valence-corrected chi connectivity index (χ0v) is 33.0. The van der Waals surface area contributed by atoms with Gasteiger partial charge in [-0.25, -0.2) is 17.6 Å².